The van der Waals surface area contributed by atoms with Crippen molar-refractivity contribution in [3.63, 3.8) is 0 Å². The molecule has 0 unspecified atom stereocenters. The van der Waals surface area contributed by atoms with Crippen molar-refractivity contribution in [1.29, 1.82) is 0 Å². The Labute approximate surface area is 253 Å². The highest BCUT2D eigenvalue weighted by atomic mass is 19.4. The van der Waals surface area contributed by atoms with Crippen LogP contribution in [-0.4, -0.2) is 28.2 Å². The minimum Gasteiger partial charge on any atom is -0.490 e. The fourth-order valence-corrected chi connectivity index (χ4v) is 5.71. The molecule has 1 saturated carbocycles. The molecule has 2 heterocycles. The Bertz CT molecular complexity index is 1790. The number of halogens is 3. The number of hydrogen-bond donors (Lipinski definition) is 0. The summed E-state index contributed by atoms with van der Waals surface area (Å²) in [4.78, 5) is 17.7. The van der Waals surface area contributed by atoms with E-state index in [1.54, 1.807) is 19.3 Å². The molecule has 3 aromatic carbocycles. The van der Waals surface area contributed by atoms with Crippen molar-refractivity contribution in [3.05, 3.63) is 114 Å². The van der Waals surface area contributed by atoms with Gasteiger partial charge in [-0.3, -0.25) is 4.98 Å². The summed E-state index contributed by atoms with van der Waals surface area (Å²) in [5, 5.41) is 0.752. The fraction of sp³-hybridized carbons (Fsp3) is 0.222. The van der Waals surface area contributed by atoms with Crippen LogP contribution in [0.5, 0.6) is 5.75 Å². The van der Waals surface area contributed by atoms with Gasteiger partial charge in [0.25, 0.3) is 0 Å². The van der Waals surface area contributed by atoms with Crippen LogP contribution >= 0.6 is 0 Å². The van der Waals surface area contributed by atoms with Gasteiger partial charge in [-0.05, 0) is 110 Å². The molecule has 1 fully saturated rings. The van der Waals surface area contributed by atoms with Crippen molar-refractivity contribution in [2.75, 3.05) is 6.61 Å². The Balaban J connectivity index is 1.51. The number of alkyl halides is 3. The number of fused-ring (bicyclic) bond motifs is 1. The van der Waals surface area contributed by atoms with E-state index in [2.05, 4.69) is 4.98 Å². The van der Waals surface area contributed by atoms with Gasteiger partial charge in [0.1, 0.15) is 11.4 Å². The lowest BCUT2D eigenvalue weighted by molar-refractivity contribution is -0.137. The van der Waals surface area contributed by atoms with Crippen LogP contribution in [0.2, 0.25) is 0 Å². The first-order valence-corrected chi connectivity index (χ1v) is 14.7. The normalized spacial score (nSPS) is 14.0. The predicted molar refractivity (Wildman–Crippen MR) is 166 cm³/mol. The van der Waals surface area contributed by atoms with Crippen LogP contribution in [0.1, 0.15) is 59.8 Å². The third-order valence-electron chi connectivity index (χ3n) is 7.87. The predicted octanol–water partition coefficient (Wildman–Crippen LogP) is 9.38. The fourth-order valence-electron chi connectivity index (χ4n) is 5.71. The number of carbonyl (C=O) groups excluding carboxylic acids is 1. The molecule has 6 rings (SSSR count). The van der Waals surface area contributed by atoms with E-state index in [1.165, 1.54) is 25.0 Å². The molecule has 1 aliphatic rings. The van der Waals surface area contributed by atoms with E-state index < -0.39 is 17.7 Å². The Morgan fingerprint density at radius 3 is 2.25 bits per heavy atom. The van der Waals surface area contributed by atoms with Gasteiger partial charge in [0.15, 0.2) is 0 Å². The molecule has 2 aromatic heterocycles. The standard InChI is InChI=1S/C36H31F3N2O3/c1-2-43-35(42)34-31(17-7-24-19-21-40-22-20-24)32-23-26(25-8-11-27(12-9-25)36(37,38)39)10-18-33(32)41(34)28-13-15-30(16-14-28)44-29-5-3-4-6-29/h7-23,29H,2-6H2,1H3/b17-7+. The Morgan fingerprint density at radius 2 is 1.59 bits per heavy atom. The van der Waals surface area contributed by atoms with Crippen LogP contribution in [-0.2, 0) is 10.9 Å². The Hall–Kier alpha value is -4.85. The minimum atomic E-state index is -4.42. The number of aromatic nitrogens is 2. The summed E-state index contributed by atoms with van der Waals surface area (Å²) in [7, 11) is 0. The number of esters is 1. The Morgan fingerprint density at radius 1 is 0.909 bits per heavy atom. The van der Waals surface area contributed by atoms with Crippen LogP contribution in [0.4, 0.5) is 13.2 Å². The maximum absolute atomic E-state index is 13.6. The van der Waals surface area contributed by atoms with E-state index in [0.29, 0.717) is 16.8 Å². The zero-order valence-corrected chi connectivity index (χ0v) is 24.2. The topological polar surface area (TPSA) is 53.3 Å². The number of benzene rings is 3. The summed E-state index contributed by atoms with van der Waals surface area (Å²) in [6.45, 7) is 1.95. The number of pyridine rings is 1. The maximum atomic E-state index is 13.6. The van der Waals surface area contributed by atoms with Gasteiger partial charge in [-0.15, -0.1) is 0 Å². The first-order chi connectivity index (χ1) is 21.3. The molecule has 0 spiro atoms. The average molecular weight is 597 g/mol. The number of carbonyl (C=O) groups is 1. The minimum absolute atomic E-state index is 0.193. The summed E-state index contributed by atoms with van der Waals surface area (Å²) in [5.74, 6) is 0.289. The number of ether oxygens (including phenoxy) is 2. The molecule has 0 radical (unpaired) electrons. The van der Waals surface area contributed by atoms with E-state index >= 15 is 0 Å². The number of hydrogen-bond acceptors (Lipinski definition) is 4. The van der Waals surface area contributed by atoms with Crippen LogP contribution < -0.4 is 4.74 Å². The molecule has 0 atom stereocenters. The summed E-state index contributed by atoms with van der Waals surface area (Å²) < 4.78 is 53.2. The zero-order valence-electron chi connectivity index (χ0n) is 24.2. The number of nitrogens with zero attached hydrogens (tertiary/aromatic N) is 2. The molecular weight excluding hydrogens is 565 g/mol. The van der Waals surface area contributed by atoms with E-state index in [4.69, 9.17) is 9.47 Å². The molecule has 44 heavy (non-hydrogen) atoms. The largest absolute Gasteiger partial charge is 0.490 e. The van der Waals surface area contributed by atoms with Crippen molar-refractivity contribution in [1.82, 2.24) is 9.55 Å². The maximum Gasteiger partial charge on any atom is 0.416 e. The van der Waals surface area contributed by atoms with Gasteiger partial charge in [0, 0.05) is 29.0 Å². The lowest BCUT2D eigenvalue weighted by Crippen LogP contribution is -2.13. The quantitative estimate of drug-likeness (QED) is 0.168. The van der Waals surface area contributed by atoms with Gasteiger partial charge in [-0.2, -0.15) is 13.2 Å². The molecule has 224 valence electrons. The van der Waals surface area contributed by atoms with Crippen molar-refractivity contribution in [2.45, 2.75) is 44.9 Å². The monoisotopic (exact) mass is 596 g/mol. The molecule has 8 heteroatoms. The van der Waals surface area contributed by atoms with E-state index in [1.807, 2.05) is 71.3 Å². The summed E-state index contributed by atoms with van der Waals surface area (Å²) in [6, 6.07) is 22.1. The zero-order chi connectivity index (χ0) is 30.7. The van der Waals surface area contributed by atoms with Crippen molar-refractivity contribution in [2.24, 2.45) is 0 Å². The van der Waals surface area contributed by atoms with Gasteiger partial charge in [-0.25, -0.2) is 4.79 Å². The second-order valence-corrected chi connectivity index (χ2v) is 10.8. The summed E-state index contributed by atoms with van der Waals surface area (Å²) in [6.07, 6.45) is 7.38. The molecule has 5 nitrogen and oxygen atoms in total. The van der Waals surface area contributed by atoms with Crippen LogP contribution in [0.15, 0.2) is 91.3 Å². The lowest BCUT2D eigenvalue weighted by Gasteiger charge is -2.15. The van der Waals surface area contributed by atoms with Gasteiger partial charge in [0.2, 0.25) is 0 Å². The van der Waals surface area contributed by atoms with Crippen LogP contribution in [0.25, 0.3) is 39.9 Å². The summed E-state index contributed by atoms with van der Waals surface area (Å²) in [5.41, 5.74) is 4.02. The third kappa shape index (κ3) is 6.11. The molecule has 1 aliphatic carbocycles. The van der Waals surface area contributed by atoms with Gasteiger partial charge in [0.05, 0.1) is 23.8 Å². The summed E-state index contributed by atoms with van der Waals surface area (Å²) >= 11 is 0. The second kappa shape index (κ2) is 12.4. The lowest BCUT2D eigenvalue weighted by atomic mass is 10.0. The second-order valence-electron chi connectivity index (χ2n) is 10.8. The van der Waals surface area contributed by atoms with Crippen molar-refractivity contribution in [3.8, 4) is 22.6 Å². The average Bonchev–Trinajstić information content (AvgIpc) is 3.66. The third-order valence-corrected chi connectivity index (χ3v) is 7.87. The highest BCUT2D eigenvalue weighted by Gasteiger charge is 2.30. The van der Waals surface area contributed by atoms with Crippen molar-refractivity contribution >= 4 is 29.0 Å². The first kappa shape index (κ1) is 29.2. The molecule has 0 aliphatic heterocycles. The highest BCUT2D eigenvalue weighted by Crippen LogP contribution is 2.37. The highest BCUT2D eigenvalue weighted by molar-refractivity contribution is 6.06. The molecule has 0 saturated heterocycles. The first-order valence-electron chi connectivity index (χ1n) is 14.7. The molecule has 0 N–H and O–H groups in total. The SMILES string of the molecule is CCOC(=O)c1c(/C=C/c2ccncc2)c2cc(-c3ccc(C(F)(F)F)cc3)ccc2n1-c1ccc(OC2CCCC2)cc1. The molecule has 0 bridgehead atoms. The smallest absolute Gasteiger partial charge is 0.416 e. The molecule has 0 amide bonds. The molecule has 5 aromatic rings. The Kier molecular flexibility index (Phi) is 8.24. The van der Waals surface area contributed by atoms with Gasteiger partial charge < -0.3 is 14.0 Å². The van der Waals surface area contributed by atoms with E-state index in [0.717, 1.165) is 58.4 Å². The van der Waals surface area contributed by atoms with Crippen LogP contribution in [0, 0.1) is 0 Å². The van der Waals surface area contributed by atoms with Gasteiger partial charge in [-0.1, -0.05) is 30.4 Å². The molecular formula is C36H31F3N2O3. The van der Waals surface area contributed by atoms with E-state index in [9.17, 15) is 18.0 Å². The number of rotatable bonds is 8. The van der Waals surface area contributed by atoms with Gasteiger partial charge >= 0.3 is 12.1 Å². The van der Waals surface area contributed by atoms with Crippen molar-refractivity contribution < 1.29 is 27.4 Å². The van der Waals surface area contributed by atoms with Crippen LogP contribution in [0.3, 0.4) is 0 Å². The van der Waals surface area contributed by atoms with E-state index in [-0.39, 0.29) is 12.7 Å².